The second-order valence-electron chi connectivity index (χ2n) is 11.7. The van der Waals surface area contributed by atoms with Gasteiger partial charge in [0.15, 0.2) is 34.5 Å². The number of rotatable bonds is 16. The Morgan fingerprint density at radius 3 is 1.05 bits per heavy atom. The summed E-state index contributed by atoms with van der Waals surface area (Å²) in [5, 5.41) is 5.64. The molecule has 1 aliphatic rings. The molecule has 0 bridgehead atoms. The van der Waals surface area contributed by atoms with Crippen LogP contribution in [0.3, 0.4) is 0 Å². The van der Waals surface area contributed by atoms with Crippen LogP contribution in [0.2, 0.25) is 0 Å². The van der Waals surface area contributed by atoms with Gasteiger partial charge in [-0.1, -0.05) is 24.3 Å². The first-order valence-electron chi connectivity index (χ1n) is 17.1. The Morgan fingerprint density at radius 1 is 0.424 bits per heavy atom. The first kappa shape index (κ1) is 50.8. The van der Waals surface area contributed by atoms with Gasteiger partial charge in [-0.2, -0.15) is 0 Å². The molecule has 322 valence electrons. The van der Waals surface area contributed by atoms with Crippen molar-refractivity contribution in [3.8, 4) is 51.7 Å². The molecule has 4 aromatic carbocycles. The molecule has 1 atom stereocenters. The van der Waals surface area contributed by atoms with Crippen LogP contribution in [0, 0.1) is 0 Å². The van der Waals surface area contributed by atoms with E-state index in [1.165, 1.54) is 0 Å². The van der Waals surface area contributed by atoms with E-state index < -0.39 is 15.8 Å². The van der Waals surface area contributed by atoms with Crippen LogP contribution >= 0.6 is 15.8 Å². The van der Waals surface area contributed by atoms with Crippen LogP contribution in [-0.4, -0.2) is 96.9 Å². The Labute approximate surface area is 370 Å². The molecule has 0 saturated heterocycles. The fourth-order valence-electron chi connectivity index (χ4n) is 6.48. The summed E-state index contributed by atoms with van der Waals surface area (Å²) < 4.78 is 70.1. The van der Waals surface area contributed by atoms with E-state index >= 15 is 0 Å². The van der Waals surface area contributed by atoms with Crippen molar-refractivity contribution < 1.29 is 97.5 Å². The minimum atomic E-state index is -1.46. The van der Waals surface area contributed by atoms with Gasteiger partial charge in [0.25, 0.3) is 14.2 Å². The summed E-state index contributed by atoms with van der Waals surface area (Å²) in [5.41, 5.74) is 0. The maximum absolute atomic E-state index is 5.89. The van der Waals surface area contributed by atoms with Gasteiger partial charge in [-0.15, -0.1) is 0 Å². The van der Waals surface area contributed by atoms with Crippen LogP contribution in [0.1, 0.15) is 0 Å². The van der Waals surface area contributed by atoms with E-state index in [1.807, 2.05) is 60.7 Å². The number of hydrogen-bond donors (Lipinski definition) is 0. The summed E-state index contributed by atoms with van der Waals surface area (Å²) in [6, 6.07) is 20.2. The van der Waals surface area contributed by atoms with Crippen LogP contribution in [0.25, 0.3) is 0 Å². The molecular weight excluding hydrogens is 888 g/mol. The molecule has 17 heteroatoms. The van der Waals surface area contributed by atoms with Crippen LogP contribution < -0.4 is 94.0 Å². The molecule has 0 saturated carbocycles. The molecule has 0 amide bonds. The fourth-order valence-corrected chi connectivity index (χ4v) is 11.8. The molecule has 0 fully saturated rings. The van der Waals surface area contributed by atoms with Crippen molar-refractivity contribution >= 4 is 53.9 Å². The first-order valence-corrected chi connectivity index (χ1v) is 19.8. The number of ether oxygens (including phenoxy) is 10. The number of ketones is 2. The molecule has 4 aromatic rings. The van der Waals surface area contributed by atoms with Gasteiger partial charge in [-0.3, -0.25) is 0 Å². The quantitative estimate of drug-likeness (QED) is 0.0450. The van der Waals surface area contributed by atoms with E-state index in [-0.39, 0.29) is 41.3 Å². The monoisotopic (exact) mass is 934 g/mol. The third-order valence-corrected chi connectivity index (χ3v) is 14.0. The molecule has 0 aromatic heterocycles. The van der Waals surface area contributed by atoms with Crippen LogP contribution in [-0.2, 0) is 30.1 Å². The maximum atomic E-state index is 5.89. The number of benzene rings is 4. The van der Waals surface area contributed by atoms with Gasteiger partial charge in [0, 0.05) is 16.5 Å². The van der Waals surface area contributed by atoms with Gasteiger partial charge in [0.05, 0.1) is 77.2 Å². The normalized spacial score (nSPS) is 13.7. The topological polar surface area (TPSA) is 115 Å². The summed E-state index contributed by atoms with van der Waals surface area (Å²) in [6.07, 6.45) is 3.96. The van der Waals surface area contributed by atoms with Crippen molar-refractivity contribution in [1.82, 2.24) is 0 Å². The average molecular weight is 936 g/mol. The summed E-state index contributed by atoms with van der Waals surface area (Å²) >= 11 is 0. The number of allylic oxidation sites excluding steroid dienone is 4. The molecular formula is C42H48Cl2NiO12P2. The van der Waals surface area contributed by atoms with Crippen LogP contribution in [0.4, 0.5) is 0 Å². The Kier molecular flexibility index (Phi) is 20.2. The fraction of sp³-hybridized carbons (Fsp3) is 0.286. The Balaban J connectivity index is 0.00000400. The van der Waals surface area contributed by atoms with Gasteiger partial charge >= 0.3 is 11.6 Å². The smallest absolute Gasteiger partial charge is 0.486 e. The zero-order valence-electron chi connectivity index (χ0n) is 34.8. The average Bonchev–Trinajstić information content (AvgIpc) is 3.25. The van der Waals surface area contributed by atoms with Gasteiger partial charge in [-0.25, -0.2) is 8.85 Å². The molecule has 0 aliphatic heterocycles. The number of halogens is 2. The zero-order chi connectivity index (χ0) is 40.5. The van der Waals surface area contributed by atoms with Crippen molar-refractivity contribution in [2.45, 2.75) is 0 Å². The maximum Gasteiger partial charge on any atom is 0.486 e. The summed E-state index contributed by atoms with van der Waals surface area (Å²) in [7, 11) is 16.2. The molecule has 1 aliphatic carbocycles. The van der Waals surface area contributed by atoms with E-state index in [2.05, 4.69) is 12.1 Å². The third-order valence-electron chi connectivity index (χ3n) is 8.99. The Morgan fingerprint density at radius 2 is 0.763 bits per heavy atom. The SMILES string of the molecule is COC1=CC(P(c2cc(OC)c(OC)c(OC)c2)c2ccccc2P(c2cc(OC)c(OC)c(OC)c2)c2cc(OC)c(OC)c(OC)c2)=CC(=[O+]C)C1=[O+]C.[Cl-].[Cl-].[Ni]. The second kappa shape index (κ2) is 23.4. The molecule has 5 rings (SSSR count). The van der Waals surface area contributed by atoms with Gasteiger partial charge in [-0.05, 0) is 90.2 Å². The number of methoxy groups -OCH3 is 10. The largest absolute Gasteiger partial charge is 1.00 e. The van der Waals surface area contributed by atoms with E-state index in [1.54, 1.807) is 85.3 Å². The molecule has 0 radical (unpaired) electrons. The third kappa shape index (κ3) is 10.2. The molecule has 1 unspecified atom stereocenters. The van der Waals surface area contributed by atoms with E-state index in [9.17, 15) is 0 Å². The predicted molar refractivity (Wildman–Crippen MR) is 222 cm³/mol. The predicted octanol–water partition coefficient (Wildman–Crippen LogP) is -1.14. The van der Waals surface area contributed by atoms with E-state index in [0.29, 0.717) is 69.1 Å². The molecule has 0 spiro atoms. The second-order valence-corrected chi connectivity index (χ2v) is 16.1. The van der Waals surface area contributed by atoms with Crippen molar-refractivity contribution in [1.29, 1.82) is 0 Å². The Hall–Kier alpha value is -4.37. The molecule has 0 N–H and O–H groups in total. The molecule has 59 heavy (non-hydrogen) atoms. The number of carbonyl (C=O) groups excluding carboxylic acids is 2. The van der Waals surface area contributed by atoms with E-state index in [0.717, 1.165) is 31.8 Å². The number of hydrogen-bond acceptors (Lipinski definition) is 10. The van der Waals surface area contributed by atoms with E-state index in [4.69, 9.17) is 56.2 Å². The minimum absolute atomic E-state index is 0. The Bertz CT molecular complexity index is 2060. The molecule has 0 heterocycles. The van der Waals surface area contributed by atoms with Crippen molar-refractivity contribution in [3.05, 3.63) is 83.9 Å². The first-order chi connectivity index (χ1) is 27.2. The van der Waals surface area contributed by atoms with Crippen LogP contribution in [0.15, 0.2) is 83.9 Å². The van der Waals surface area contributed by atoms with Crippen LogP contribution in [0.5, 0.6) is 51.7 Å². The van der Waals surface area contributed by atoms with Gasteiger partial charge in [0.2, 0.25) is 23.0 Å². The van der Waals surface area contributed by atoms with Crippen molar-refractivity contribution in [2.24, 2.45) is 0 Å². The summed E-state index contributed by atoms with van der Waals surface area (Å²) in [4.78, 5) is 0. The van der Waals surface area contributed by atoms with Crippen molar-refractivity contribution in [3.63, 3.8) is 0 Å². The summed E-state index contributed by atoms with van der Waals surface area (Å²) in [6.45, 7) is 0. The van der Waals surface area contributed by atoms with Gasteiger partial charge < -0.3 is 72.2 Å². The van der Waals surface area contributed by atoms with Gasteiger partial charge in [0.1, 0.15) is 0 Å². The molecule has 12 nitrogen and oxygen atoms in total. The minimum Gasteiger partial charge on any atom is -1.00 e. The summed E-state index contributed by atoms with van der Waals surface area (Å²) in [5.74, 6) is 5.98. The zero-order valence-corrected chi connectivity index (χ0v) is 39.1. The van der Waals surface area contributed by atoms with Crippen molar-refractivity contribution in [2.75, 3.05) is 85.3 Å². The standard InChI is InChI=1S/C42H48O12P2.2ClH.Ni/c1-43-29-17-25(18-30(44-2)39(29)51-9)55(26-19-31(45-3)40(52-10)32(20-26)46-4)37-15-13-14-16-38(37)56(27-21-33(47-5)41(53-11)34(22-27)48-6)28-23-35(49-7)42(54-12)36(24-28)50-8;;;/h13-24H,1-12H3;2*1H;/q+2;;;/p-2.